The number of nitrogens with one attached hydrogen (secondary N) is 1. The summed E-state index contributed by atoms with van der Waals surface area (Å²) in [5.74, 6) is 0.485. The highest BCUT2D eigenvalue weighted by Gasteiger charge is 2.24. The van der Waals surface area contributed by atoms with Crippen molar-refractivity contribution in [2.75, 3.05) is 19.7 Å². The number of nitrogens with zero attached hydrogens (tertiary/aromatic N) is 1. The Labute approximate surface area is 173 Å². The fourth-order valence-electron chi connectivity index (χ4n) is 2.93. The van der Waals surface area contributed by atoms with Gasteiger partial charge in [-0.3, -0.25) is 4.79 Å². The van der Waals surface area contributed by atoms with Crippen LogP contribution < -0.4 is 10.1 Å². The molecule has 0 heterocycles. The number of ether oxygens (including phenoxy) is 1. The minimum absolute atomic E-state index is 0.172. The first-order valence-corrected chi connectivity index (χ1v) is 11.4. The molecule has 2 aromatic carbocycles. The van der Waals surface area contributed by atoms with Gasteiger partial charge in [0.1, 0.15) is 5.75 Å². The SMILES string of the molecule is CCCOc1ccc(CNC(=O)c2ccc(C)c(S(=O)(=O)N(CC)CC)c2)cc1. The molecule has 2 aromatic rings. The molecular weight excluding hydrogens is 388 g/mol. The summed E-state index contributed by atoms with van der Waals surface area (Å²) >= 11 is 0. The average molecular weight is 419 g/mol. The summed E-state index contributed by atoms with van der Waals surface area (Å²) in [5.41, 5.74) is 1.88. The molecule has 0 unspecified atom stereocenters. The largest absolute Gasteiger partial charge is 0.494 e. The summed E-state index contributed by atoms with van der Waals surface area (Å²) in [4.78, 5) is 12.8. The third-order valence-electron chi connectivity index (χ3n) is 4.62. The Bertz CT molecular complexity index is 920. The van der Waals surface area contributed by atoms with Crippen LogP contribution in [-0.2, 0) is 16.6 Å². The van der Waals surface area contributed by atoms with Crippen molar-refractivity contribution in [2.24, 2.45) is 0 Å². The van der Waals surface area contributed by atoms with Gasteiger partial charge < -0.3 is 10.1 Å². The summed E-state index contributed by atoms with van der Waals surface area (Å²) in [6.45, 7) is 9.16. The summed E-state index contributed by atoms with van der Waals surface area (Å²) < 4.78 is 32.7. The van der Waals surface area contributed by atoms with Gasteiger partial charge >= 0.3 is 0 Å². The van der Waals surface area contributed by atoms with Gasteiger partial charge in [-0.2, -0.15) is 4.31 Å². The predicted molar refractivity (Wildman–Crippen MR) is 115 cm³/mol. The molecule has 0 aliphatic carbocycles. The van der Waals surface area contributed by atoms with Crippen LogP contribution in [0.3, 0.4) is 0 Å². The fraction of sp³-hybridized carbons (Fsp3) is 0.409. The van der Waals surface area contributed by atoms with E-state index in [2.05, 4.69) is 5.32 Å². The molecule has 0 fully saturated rings. The highest BCUT2D eigenvalue weighted by atomic mass is 32.2. The fourth-order valence-corrected chi connectivity index (χ4v) is 4.64. The second kappa shape index (κ2) is 10.4. The van der Waals surface area contributed by atoms with E-state index in [1.54, 1.807) is 32.9 Å². The third-order valence-corrected chi connectivity index (χ3v) is 6.81. The maximum Gasteiger partial charge on any atom is 0.251 e. The van der Waals surface area contributed by atoms with Crippen molar-refractivity contribution in [3.8, 4) is 5.75 Å². The minimum Gasteiger partial charge on any atom is -0.494 e. The molecule has 0 spiro atoms. The van der Waals surface area contributed by atoms with Gasteiger partial charge in [-0.15, -0.1) is 0 Å². The summed E-state index contributed by atoms with van der Waals surface area (Å²) in [7, 11) is -3.63. The molecule has 0 aliphatic rings. The molecule has 0 aliphatic heterocycles. The van der Waals surface area contributed by atoms with Crippen LogP contribution in [0.25, 0.3) is 0 Å². The van der Waals surface area contributed by atoms with Crippen LogP contribution in [0.4, 0.5) is 0 Å². The summed E-state index contributed by atoms with van der Waals surface area (Å²) in [6.07, 6.45) is 0.945. The first-order chi connectivity index (χ1) is 13.8. The zero-order chi connectivity index (χ0) is 21.4. The van der Waals surface area contributed by atoms with E-state index in [1.165, 1.54) is 10.4 Å². The molecule has 6 nitrogen and oxygen atoms in total. The van der Waals surface area contributed by atoms with Crippen molar-refractivity contribution in [2.45, 2.75) is 45.6 Å². The summed E-state index contributed by atoms with van der Waals surface area (Å²) in [5, 5.41) is 2.85. The minimum atomic E-state index is -3.63. The number of hydrogen-bond acceptors (Lipinski definition) is 4. The van der Waals surface area contributed by atoms with E-state index in [4.69, 9.17) is 4.74 Å². The molecule has 0 saturated carbocycles. The molecule has 7 heteroatoms. The van der Waals surface area contributed by atoms with E-state index in [0.29, 0.717) is 37.4 Å². The lowest BCUT2D eigenvalue weighted by molar-refractivity contribution is 0.0950. The van der Waals surface area contributed by atoms with Gasteiger partial charge in [0.2, 0.25) is 10.0 Å². The van der Waals surface area contributed by atoms with Crippen LogP contribution in [0.2, 0.25) is 0 Å². The van der Waals surface area contributed by atoms with Gasteiger partial charge in [0, 0.05) is 25.2 Å². The van der Waals surface area contributed by atoms with Gasteiger partial charge in [-0.1, -0.05) is 39.0 Å². The first-order valence-electron chi connectivity index (χ1n) is 9.94. The van der Waals surface area contributed by atoms with E-state index < -0.39 is 10.0 Å². The zero-order valence-electron chi connectivity index (χ0n) is 17.6. The second-order valence-electron chi connectivity index (χ2n) is 6.74. The maximum atomic E-state index is 12.9. The van der Waals surface area contributed by atoms with Gasteiger partial charge in [-0.05, 0) is 48.7 Å². The van der Waals surface area contributed by atoms with E-state index >= 15 is 0 Å². The molecule has 0 bridgehead atoms. The second-order valence-corrected chi connectivity index (χ2v) is 8.65. The Morgan fingerprint density at radius 3 is 2.28 bits per heavy atom. The predicted octanol–water partition coefficient (Wildman–Crippen LogP) is 3.74. The Hall–Kier alpha value is -2.38. The van der Waals surface area contributed by atoms with Crippen LogP contribution in [0, 0.1) is 6.92 Å². The van der Waals surface area contributed by atoms with Crippen LogP contribution in [0.1, 0.15) is 48.7 Å². The van der Waals surface area contributed by atoms with Crippen LogP contribution in [0.5, 0.6) is 5.75 Å². The Morgan fingerprint density at radius 2 is 1.69 bits per heavy atom. The van der Waals surface area contributed by atoms with Crippen molar-refractivity contribution in [1.29, 1.82) is 0 Å². The van der Waals surface area contributed by atoms with E-state index in [9.17, 15) is 13.2 Å². The van der Waals surface area contributed by atoms with Gasteiger partial charge in [0.05, 0.1) is 11.5 Å². The lowest BCUT2D eigenvalue weighted by Crippen LogP contribution is -2.31. The number of benzene rings is 2. The number of carbonyl (C=O) groups is 1. The quantitative estimate of drug-likeness (QED) is 0.638. The molecule has 0 aromatic heterocycles. The lowest BCUT2D eigenvalue weighted by atomic mass is 10.1. The molecule has 1 amide bonds. The first kappa shape index (κ1) is 22.9. The topological polar surface area (TPSA) is 75.7 Å². The zero-order valence-corrected chi connectivity index (χ0v) is 18.4. The summed E-state index contributed by atoms with van der Waals surface area (Å²) in [6, 6.07) is 12.3. The molecule has 0 saturated heterocycles. The number of amides is 1. The number of hydrogen-bond donors (Lipinski definition) is 1. The van der Waals surface area contributed by atoms with E-state index in [1.807, 2.05) is 31.2 Å². The van der Waals surface area contributed by atoms with E-state index in [0.717, 1.165) is 17.7 Å². The Morgan fingerprint density at radius 1 is 1.03 bits per heavy atom. The van der Waals surface area contributed by atoms with Crippen molar-refractivity contribution < 1.29 is 17.9 Å². The van der Waals surface area contributed by atoms with Crippen molar-refractivity contribution in [1.82, 2.24) is 9.62 Å². The molecule has 2 rings (SSSR count). The van der Waals surface area contributed by atoms with Crippen molar-refractivity contribution >= 4 is 15.9 Å². The molecule has 0 radical (unpaired) electrons. The van der Waals surface area contributed by atoms with Crippen molar-refractivity contribution in [3.63, 3.8) is 0 Å². The monoisotopic (exact) mass is 418 g/mol. The third kappa shape index (κ3) is 5.81. The number of aryl methyl sites for hydroxylation is 1. The van der Waals surface area contributed by atoms with Crippen LogP contribution in [0.15, 0.2) is 47.4 Å². The van der Waals surface area contributed by atoms with Crippen LogP contribution >= 0.6 is 0 Å². The molecule has 158 valence electrons. The normalized spacial score (nSPS) is 11.5. The number of sulfonamides is 1. The standard InChI is InChI=1S/C22H30N2O4S/c1-5-14-28-20-12-9-18(10-13-20)16-23-22(25)19-11-8-17(4)21(15-19)29(26,27)24(6-2)7-3/h8-13,15H,5-7,14,16H2,1-4H3,(H,23,25). The molecular formula is C22H30N2O4S. The van der Waals surface area contributed by atoms with Gasteiger partial charge in [-0.25, -0.2) is 8.42 Å². The maximum absolute atomic E-state index is 12.9. The van der Waals surface area contributed by atoms with Gasteiger partial charge in [0.15, 0.2) is 0 Å². The lowest BCUT2D eigenvalue weighted by Gasteiger charge is -2.20. The number of rotatable bonds is 10. The molecule has 0 atom stereocenters. The Balaban J connectivity index is 2.12. The number of carbonyl (C=O) groups excluding carboxylic acids is 1. The van der Waals surface area contributed by atoms with Gasteiger partial charge in [0.25, 0.3) is 5.91 Å². The Kier molecular flexibility index (Phi) is 8.22. The molecule has 29 heavy (non-hydrogen) atoms. The van der Waals surface area contributed by atoms with Crippen molar-refractivity contribution in [3.05, 3.63) is 59.2 Å². The highest BCUT2D eigenvalue weighted by molar-refractivity contribution is 7.89. The highest BCUT2D eigenvalue weighted by Crippen LogP contribution is 2.21. The molecule has 1 N–H and O–H groups in total. The average Bonchev–Trinajstić information content (AvgIpc) is 2.72. The van der Waals surface area contributed by atoms with Crippen LogP contribution in [-0.4, -0.2) is 38.3 Å². The smallest absolute Gasteiger partial charge is 0.251 e. The van der Waals surface area contributed by atoms with E-state index in [-0.39, 0.29) is 10.8 Å².